The summed E-state index contributed by atoms with van der Waals surface area (Å²) in [6, 6.07) is 11.2. The van der Waals surface area contributed by atoms with Crippen LogP contribution in [0.1, 0.15) is 0 Å². The fourth-order valence-corrected chi connectivity index (χ4v) is 2.86. The van der Waals surface area contributed by atoms with Crippen LogP contribution >= 0.6 is 23.2 Å². The van der Waals surface area contributed by atoms with Crippen LogP contribution in [0.3, 0.4) is 0 Å². The van der Waals surface area contributed by atoms with Crippen LogP contribution in [0.25, 0.3) is 0 Å². The van der Waals surface area contributed by atoms with Crippen molar-refractivity contribution < 1.29 is 17.8 Å². The minimum atomic E-state index is -4.32. The number of anilines is 2. The topological polar surface area (TPSA) is 119 Å². The van der Waals surface area contributed by atoms with Crippen LogP contribution in [0.4, 0.5) is 11.4 Å². The van der Waals surface area contributed by atoms with Gasteiger partial charge in [-0.25, -0.2) is 0 Å². The average Bonchev–Trinajstić information content (AvgIpc) is 2.54. The lowest BCUT2D eigenvalue weighted by Crippen LogP contribution is -2.14. The largest absolute Gasteiger partial charge is 0.360 e. The van der Waals surface area contributed by atoms with Gasteiger partial charge in [-0.05, 0) is 42.5 Å². The van der Waals surface area contributed by atoms with E-state index >= 15 is 0 Å². The maximum absolute atomic E-state index is 12.1. The molecule has 26 heavy (non-hydrogen) atoms. The second-order valence-electron chi connectivity index (χ2n) is 4.93. The van der Waals surface area contributed by atoms with E-state index in [9.17, 15) is 13.2 Å². The van der Waals surface area contributed by atoms with Crippen LogP contribution in [0.5, 0.6) is 0 Å². The highest BCUT2D eigenvalue weighted by molar-refractivity contribution is 7.85. The molecule has 2 aromatic rings. The van der Waals surface area contributed by atoms with Gasteiger partial charge in [0.15, 0.2) is 0 Å². The number of hydrogen-bond acceptors (Lipinski definition) is 5. The van der Waals surface area contributed by atoms with E-state index in [0.29, 0.717) is 15.7 Å². The Hall–Kier alpha value is -2.57. The van der Waals surface area contributed by atoms with E-state index in [2.05, 4.69) is 10.6 Å². The summed E-state index contributed by atoms with van der Waals surface area (Å²) in [5, 5.41) is 15.1. The number of carbonyl (C=O) groups excluding carboxylic acids is 1. The van der Waals surface area contributed by atoms with Crippen molar-refractivity contribution in [2.45, 2.75) is 4.90 Å². The smallest absolute Gasteiger partial charge is 0.294 e. The third kappa shape index (κ3) is 5.47. The summed E-state index contributed by atoms with van der Waals surface area (Å²) >= 11 is 11.7. The monoisotopic (exact) mass is 411 g/mol. The zero-order valence-corrected chi connectivity index (χ0v) is 15.2. The van der Waals surface area contributed by atoms with Crippen molar-refractivity contribution in [3.63, 3.8) is 0 Å². The quantitative estimate of drug-likeness (QED) is 0.391. The lowest BCUT2D eigenvalue weighted by atomic mass is 10.2. The molecule has 0 radical (unpaired) electrons. The zero-order chi connectivity index (χ0) is 19.3. The number of nitriles is 1. The van der Waals surface area contributed by atoms with Crippen LogP contribution in [0.15, 0.2) is 59.1 Å². The highest BCUT2D eigenvalue weighted by Crippen LogP contribution is 2.22. The molecule has 0 bridgehead atoms. The minimum Gasteiger partial charge on any atom is -0.360 e. The van der Waals surface area contributed by atoms with E-state index < -0.39 is 16.0 Å². The molecule has 2 aromatic carbocycles. The molecular formula is C16H11Cl2N3O4S. The number of benzene rings is 2. The first-order valence-electron chi connectivity index (χ1n) is 6.91. The minimum absolute atomic E-state index is 0.236. The Balaban J connectivity index is 2.12. The highest BCUT2D eigenvalue weighted by Gasteiger charge is 2.12. The second kappa shape index (κ2) is 8.21. The Labute approximate surface area is 159 Å². The lowest BCUT2D eigenvalue weighted by molar-refractivity contribution is -0.112. The van der Waals surface area contributed by atoms with Crippen molar-refractivity contribution in [1.82, 2.24) is 0 Å². The van der Waals surface area contributed by atoms with Crippen LogP contribution < -0.4 is 10.6 Å². The van der Waals surface area contributed by atoms with E-state index in [0.717, 1.165) is 12.1 Å². The van der Waals surface area contributed by atoms with Gasteiger partial charge in [-0.3, -0.25) is 9.35 Å². The predicted molar refractivity (Wildman–Crippen MR) is 98.7 cm³/mol. The van der Waals surface area contributed by atoms with Gasteiger partial charge in [-0.2, -0.15) is 13.7 Å². The summed E-state index contributed by atoms with van der Waals surface area (Å²) in [4.78, 5) is 11.8. The molecule has 0 spiro atoms. The number of carbonyl (C=O) groups is 1. The first-order valence-corrected chi connectivity index (χ1v) is 9.10. The second-order valence-corrected chi connectivity index (χ2v) is 7.22. The number of nitrogens with zero attached hydrogens (tertiary/aromatic N) is 1. The van der Waals surface area contributed by atoms with E-state index in [1.54, 1.807) is 18.2 Å². The molecular weight excluding hydrogens is 401 g/mol. The molecule has 1 amide bonds. The van der Waals surface area contributed by atoms with E-state index in [4.69, 9.17) is 33.0 Å². The van der Waals surface area contributed by atoms with Crippen molar-refractivity contribution in [3.8, 4) is 6.07 Å². The zero-order valence-electron chi connectivity index (χ0n) is 12.9. The molecule has 134 valence electrons. The number of amides is 1. The van der Waals surface area contributed by atoms with Gasteiger partial charge >= 0.3 is 0 Å². The van der Waals surface area contributed by atoms with Crippen molar-refractivity contribution in [3.05, 3.63) is 64.3 Å². The summed E-state index contributed by atoms with van der Waals surface area (Å²) in [5.41, 5.74) is 0.495. The Morgan fingerprint density at radius 2 is 1.65 bits per heavy atom. The fourth-order valence-electron chi connectivity index (χ4n) is 1.85. The number of hydrogen-bond donors (Lipinski definition) is 3. The molecule has 0 atom stereocenters. The van der Waals surface area contributed by atoms with E-state index in [-0.39, 0.29) is 16.2 Å². The molecule has 0 unspecified atom stereocenters. The highest BCUT2D eigenvalue weighted by atomic mass is 35.5. The molecule has 2 rings (SSSR count). The molecule has 0 saturated carbocycles. The van der Waals surface area contributed by atoms with Gasteiger partial charge in [0, 0.05) is 27.6 Å². The van der Waals surface area contributed by atoms with Gasteiger partial charge in [-0.1, -0.05) is 23.2 Å². The third-order valence-corrected chi connectivity index (χ3v) is 4.33. The van der Waals surface area contributed by atoms with Crippen LogP contribution in [-0.4, -0.2) is 18.9 Å². The Morgan fingerprint density at radius 3 is 2.15 bits per heavy atom. The van der Waals surface area contributed by atoms with Gasteiger partial charge in [0.25, 0.3) is 16.0 Å². The number of rotatable bonds is 5. The summed E-state index contributed by atoms with van der Waals surface area (Å²) in [6.07, 6.45) is 1.18. The summed E-state index contributed by atoms with van der Waals surface area (Å²) in [5.74, 6) is -0.715. The Bertz CT molecular complexity index is 993. The molecule has 0 saturated heterocycles. The molecule has 7 nitrogen and oxygen atoms in total. The molecule has 0 aliphatic rings. The molecule has 0 fully saturated rings. The Morgan fingerprint density at radius 1 is 1.08 bits per heavy atom. The maximum Gasteiger partial charge on any atom is 0.294 e. The molecule has 3 N–H and O–H groups in total. The van der Waals surface area contributed by atoms with Crippen molar-refractivity contribution in [2.75, 3.05) is 10.6 Å². The van der Waals surface area contributed by atoms with Crippen molar-refractivity contribution >= 4 is 50.6 Å². The van der Waals surface area contributed by atoms with Crippen molar-refractivity contribution in [1.29, 1.82) is 5.26 Å². The molecule has 10 heteroatoms. The van der Waals surface area contributed by atoms with Crippen molar-refractivity contribution in [2.24, 2.45) is 0 Å². The summed E-state index contributed by atoms with van der Waals surface area (Å²) < 4.78 is 30.9. The van der Waals surface area contributed by atoms with Gasteiger partial charge in [0.05, 0.1) is 4.90 Å². The maximum atomic E-state index is 12.1. The average molecular weight is 412 g/mol. The first kappa shape index (κ1) is 19.8. The predicted octanol–water partition coefficient (Wildman–Crippen LogP) is 3.70. The van der Waals surface area contributed by atoms with Gasteiger partial charge in [-0.15, -0.1) is 0 Å². The number of nitrogens with one attached hydrogen (secondary N) is 2. The van der Waals surface area contributed by atoms with Gasteiger partial charge < -0.3 is 10.6 Å². The van der Waals surface area contributed by atoms with Crippen LogP contribution in [0, 0.1) is 11.3 Å². The lowest BCUT2D eigenvalue weighted by Gasteiger charge is -2.06. The van der Waals surface area contributed by atoms with Gasteiger partial charge in [0.1, 0.15) is 11.6 Å². The van der Waals surface area contributed by atoms with Crippen LogP contribution in [0.2, 0.25) is 10.0 Å². The third-order valence-electron chi connectivity index (χ3n) is 3.02. The Kier molecular flexibility index (Phi) is 6.23. The molecule has 0 aromatic heterocycles. The fraction of sp³-hybridized carbons (Fsp3) is 0. The van der Waals surface area contributed by atoms with Gasteiger partial charge in [0.2, 0.25) is 0 Å². The standard InChI is InChI=1S/C16H11Cl2N3O4S/c17-11-5-12(18)7-14(6-11)20-9-10(8-19)16(22)21-13-1-3-15(4-2-13)26(23,24)25/h1-7,9,20H,(H,21,22)(H,23,24,25)/b10-9-. The molecule has 0 heterocycles. The van der Waals surface area contributed by atoms with Crippen LogP contribution in [-0.2, 0) is 14.9 Å². The van der Waals surface area contributed by atoms with E-state index in [1.165, 1.54) is 24.4 Å². The normalized spacial score (nSPS) is 11.5. The molecule has 0 aliphatic carbocycles. The number of halogens is 2. The van der Waals surface area contributed by atoms with E-state index in [1.807, 2.05) is 0 Å². The SMILES string of the molecule is N#C/C(=C/Nc1cc(Cl)cc(Cl)c1)C(=O)Nc1ccc(S(=O)(=O)O)cc1. The summed E-state index contributed by atoms with van der Waals surface area (Å²) in [6.45, 7) is 0. The summed E-state index contributed by atoms with van der Waals surface area (Å²) in [7, 11) is -4.32. The first-order chi connectivity index (χ1) is 12.2. The molecule has 0 aliphatic heterocycles.